The maximum atomic E-state index is 4.82. The molecule has 2 N–H and O–H groups in total. The van der Waals surface area contributed by atoms with Crippen molar-refractivity contribution in [2.45, 2.75) is 52.6 Å². The Morgan fingerprint density at radius 3 is 2.70 bits per heavy atom. The number of aromatic nitrogens is 2. The lowest BCUT2D eigenvalue weighted by Gasteiger charge is -2.32. The van der Waals surface area contributed by atoms with Gasteiger partial charge >= 0.3 is 0 Å². The molecular weight excluding hydrogens is 336 g/mol. The molecule has 2 aromatic rings. The molecule has 0 aliphatic carbocycles. The number of hydrogen-bond acceptors (Lipinski definition) is 3. The number of para-hydroxylation sites is 2. The van der Waals surface area contributed by atoms with E-state index in [1.54, 1.807) is 0 Å². The van der Waals surface area contributed by atoms with Gasteiger partial charge < -0.3 is 20.1 Å². The van der Waals surface area contributed by atoms with Crippen molar-refractivity contribution in [3.8, 4) is 0 Å². The summed E-state index contributed by atoms with van der Waals surface area (Å²) in [7, 11) is 0. The highest BCUT2D eigenvalue weighted by Crippen LogP contribution is 2.15. The summed E-state index contributed by atoms with van der Waals surface area (Å²) < 4.78 is 2.26. The van der Waals surface area contributed by atoms with Gasteiger partial charge in [0.1, 0.15) is 5.82 Å². The van der Waals surface area contributed by atoms with Crippen LogP contribution in [-0.2, 0) is 6.54 Å². The van der Waals surface area contributed by atoms with E-state index in [4.69, 9.17) is 4.99 Å². The molecule has 1 aliphatic heterocycles. The summed E-state index contributed by atoms with van der Waals surface area (Å²) in [4.78, 5) is 12.0. The third kappa shape index (κ3) is 5.22. The summed E-state index contributed by atoms with van der Waals surface area (Å²) in [6, 6.07) is 8.83. The molecule has 6 heteroatoms. The van der Waals surface area contributed by atoms with E-state index in [2.05, 4.69) is 64.1 Å². The van der Waals surface area contributed by atoms with Crippen LogP contribution in [0.1, 0.15) is 38.9 Å². The number of benzene rings is 1. The van der Waals surface area contributed by atoms with Crippen LogP contribution in [0.3, 0.4) is 0 Å². The number of aliphatic imine (C=N–C) groups is 1. The van der Waals surface area contributed by atoms with Gasteiger partial charge in [-0.3, -0.25) is 4.99 Å². The molecule has 0 saturated carbocycles. The second-order valence-electron chi connectivity index (χ2n) is 7.32. The smallest absolute Gasteiger partial charge is 0.191 e. The number of guanidine groups is 1. The Hall–Kier alpha value is -2.08. The zero-order valence-electron chi connectivity index (χ0n) is 17.0. The second-order valence-corrected chi connectivity index (χ2v) is 7.32. The van der Waals surface area contributed by atoms with Crippen LogP contribution in [0.2, 0.25) is 0 Å². The van der Waals surface area contributed by atoms with Gasteiger partial charge in [0.25, 0.3) is 0 Å². The number of nitrogens with zero attached hydrogens (tertiary/aromatic N) is 4. The van der Waals surface area contributed by atoms with Crippen molar-refractivity contribution in [2.24, 2.45) is 4.99 Å². The number of fused-ring (bicyclic) bond motifs is 1. The maximum Gasteiger partial charge on any atom is 0.191 e. The summed E-state index contributed by atoms with van der Waals surface area (Å²) in [6.07, 6.45) is 3.62. The van der Waals surface area contributed by atoms with Crippen molar-refractivity contribution in [1.29, 1.82) is 0 Å². The number of nitrogens with one attached hydrogen (secondary N) is 2. The van der Waals surface area contributed by atoms with E-state index < -0.39 is 0 Å². The summed E-state index contributed by atoms with van der Waals surface area (Å²) in [6.45, 7) is 12.5. The van der Waals surface area contributed by atoms with Gasteiger partial charge in [-0.15, -0.1) is 0 Å². The molecule has 27 heavy (non-hydrogen) atoms. The quantitative estimate of drug-likeness (QED) is 0.581. The molecule has 0 unspecified atom stereocenters. The molecular formula is C21H34N6. The Bertz CT molecular complexity index is 742. The van der Waals surface area contributed by atoms with E-state index in [1.807, 2.05) is 6.07 Å². The number of aryl methyl sites for hydroxylation is 1. The predicted octanol–water partition coefficient (Wildman–Crippen LogP) is 2.77. The van der Waals surface area contributed by atoms with Crippen LogP contribution in [0.15, 0.2) is 29.3 Å². The van der Waals surface area contributed by atoms with Crippen molar-refractivity contribution in [3.63, 3.8) is 0 Å². The van der Waals surface area contributed by atoms with Crippen LogP contribution in [0, 0.1) is 6.92 Å². The first-order valence-corrected chi connectivity index (χ1v) is 10.4. The molecule has 1 fully saturated rings. The zero-order chi connectivity index (χ0) is 19.1. The molecule has 1 aromatic heterocycles. The first-order valence-electron chi connectivity index (χ1n) is 10.4. The minimum Gasteiger partial charge on any atom is -0.357 e. The number of imidazole rings is 1. The fourth-order valence-electron chi connectivity index (χ4n) is 3.87. The summed E-state index contributed by atoms with van der Waals surface area (Å²) in [5.74, 6) is 1.99. The Labute approximate surface area is 163 Å². The Kier molecular flexibility index (Phi) is 7.10. The van der Waals surface area contributed by atoms with Crippen LogP contribution in [0.4, 0.5) is 0 Å². The fourth-order valence-corrected chi connectivity index (χ4v) is 3.87. The lowest BCUT2D eigenvalue weighted by molar-refractivity contribution is 0.206. The Balaban J connectivity index is 1.57. The Morgan fingerprint density at radius 2 is 1.96 bits per heavy atom. The molecule has 0 atom stereocenters. The lowest BCUT2D eigenvalue weighted by Crippen LogP contribution is -2.48. The molecule has 0 amide bonds. The number of rotatable bonds is 7. The standard InChI is InChI=1S/C21H34N6/c1-4-13-26-14-10-18(11-15-26)25-21(22-5-2)23-12-16-27-17(3)24-19-8-6-7-9-20(19)27/h6-9,18H,4-5,10-16H2,1-3H3,(H2,22,23,25). The zero-order valence-corrected chi connectivity index (χ0v) is 17.0. The molecule has 3 rings (SSSR count). The van der Waals surface area contributed by atoms with Gasteiger partial charge in [-0.25, -0.2) is 4.98 Å². The van der Waals surface area contributed by atoms with Gasteiger partial charge in [-0.1, -0.05) is 19.1 Å². The molecule has 0 bridgehead atoms. The highest BCUT2D eigenvalue weighted by Gasteiger charge is 2.19. The van der Waals surface area contributed by atoms with E-state index in [1.165, 1.54) is 44.4 Å². The first kappa shape index (κ1) is 19.7. The van der Waals surface area contributed by atoms with Gasteiger partial charge in [0.15, 0.2) is 5.96 Å². The average molecular weight is 371 g/mol. The van der Waals surface area contributed by atoms with Crippen LogP contribution < -0.4 is 10.6 Å². The molecule has 1 saturated heterocycles. The van der Waals surface area contributed by atoms with Crippen LogP contribution >= 0.6 is 0 Å². The van der Waals surface area contributed by atoms with E-state index in [0.717, 1.165) is 36.9 Å². The molecule has 148 valence electrons. The third-order valence-electron chi connectivity index (χ3n) is 5.25. The molecule has 0 radical (unpaired) electrons. The monoisotopic (exact) mass is 370 g/mol. The van der Waals surface area contributed by atoms with E-state index in [-0.39, 0.29) is 0 Å². The SMILES string of the molecule is CCCN1CCC(NC(=NCCn2c(C)nc3ccccc32)NCC)CC1. The lowest BCUT2D eigenvalue weighted by atomic mass is 10.1. The van der Waals surface area contributed by atoms with Crippen LogP contribution in [0.5, 0.6) is 0 Å². The largest absolute Gasteiger partial charge is 0.357 e. The normalized spacial score (nSPS) is 16.8. The highest BCUT2D eigenvalue weighted by atomic mass is 15.2. The number of likely N-dealkylation sites (tertiary alicyclic amines) is 1. The third-order valence-corrected chi connectivity index (χ3v) is 5.25. The number of hydrogen-bond donors (Lipinski definition) is 2. The molecule has 0 spiro atoms. The van der Waals surface area contributed by atoms with Crippen molar-refractivity contribution in [1.82, 2.24) is 25.1 Å². The number of piperidine rings is 1. The molecule has 1 aromatic carbocycles. The summed E-state index contributed by atoms with van der Waals surface area (Å²) in [5, 5.41) is 7.04. The van der Waals surface area contributed by atoms with Crippen LogP contribution in [-0.4, -0.2) is 59.2 Å². The summed E-state index contributed by atoms with van der Waals surface area (Å²) >= 11 is 0. The maximum absolute atomic E-state index is 4.82. The predicted molar refractivity (Wildman–Crippen MR) is 113 cm³/mol. The second kappa shape index (κ2) is 9.74. The first-order chi connectivity index (χ1) is 13.2. The van der Waals surface area contributed by atoms with Gasteiger partial charge in [-0.2, -0.15) is 0 Å². The van der Waals surface area contributed by atoms with Crippen molar-refractivity contribution in [3.05, 3.63) is 30.1 Å². The average Bonchev–Trinajstić information content (AvgIpc) is 2.99. The molecule has 2 heterocycles. The van der Waals surface area contributed by atoms with E-state index in [9.17, 15) is 0 Å². The molecule has 6 nitrogen and oxygen atoms in total. The van der Waals surface area contributed by atoms with Crippen molar-refractivity contribution < 1.29 is 0 Å². The van der Waals surface area contributed by atoms with Crippen molar-refractivity contribution in [2.75, 3.05) is 32.7 Å². The molecule has 1 aliphatic rings. The van der Waals surface area contributed by atoms with Gasteiger partial charge in [0.05, 0.1) is 17.6 Å². The minimum absolute atomic E-state index is 0.520. The fraction of sp³-hybridized carbons (Fsp3) is 0.619. The van der Waals surface area contributed by atoms with E-state index >= 15 is 0 Å². The van der Waals surface area contributed by atoms with Gasteiger partial charge in [0, 0.05) is 32.2 Å². The van der Waals surface area contributed by atoms with Crippen LogP contribution in [0.25, 0.3) is 11.0 Å². The van der Waals surface area contributed by atoms with Gasteiger partial charge in [0.2, 0.25) is 0 Å². The van der Waals surface area contributed by atoms with Gasteiger partial charge in [-0.05, 0) is 51.8 Å². The topological polar surface area (TPSA) is 57.5 Å². The Morgan fingerprint density at radius 1 is 1.19 bits per heavy atom. The highest BCUT2D eigenvalue weighted by molar-refractivity contribution is 5.80. The summed E-state index contributed by atoms with van der Waals surface area (Å²) in [5.41, 5.74) is 2.24. The minimum atomic E-state index is 0.520. The van der Waals surface area contributed by atoms with E-state index in [0.29, 0.717) is 6.04 Å². The van der Waals surface area contributed by atoms with Crippen molar-refractivity contribution >= 4 is 17.0 Å².